The first-order valence-electron chi connectivity index (χ1n) is 7.84. The molecule has 1 aromatic heterocycles. The molecule has 116 valence electrons. The molecule has 4 heteroatoms. The van der Waals surface area contributed by atoms with Gasteiger partial charge in [0, 0.05) is 12.8 Å². The highest BCUT2D eigenvalue weighted by atomic mass is 16.5. The van der Waals surface area contributed by atoms with Crippen LogP contribution in [0.4, 0.5) is 0 Å². The fourth-order valence-electron chi connectivity index (χ4n) is 2.42. The van der Waals surface area contributed by atoms with Crippen molar-refractivity contribution in [2.45, 2.75) is 66.7 Å². The molecule has 2 N–H and O–H groups in total. The molecule has 1 atom stereocenters. The van der Waals surface area contributed by atoms with Gasteiger partial charge in [-0.3, -0.25) is 0 Å². The summed E-state index contributed by atoms with van der Waals surface area (Å²) in [6.07, 6.45) is 4.99. The maximum absolute atomic E-state index is 5.72. The largest absolute Gasteiger partial charge is 0.339 e. The SMILES string of the molecule is CC(C)CCc1noc(CCC(CCN)C(C)(C)C)n1. The Morgan fingerprint density at radius 3 is 2.35 bits per heavy atom. The van der Waals surface area contributed by atoms with Crippen molar-refractivity contribution in [3.8, 4) is 0 Å². The summed E-state index contributed by atoms with van der Waals surface area (Å²) in [4.78, 5) is 4.49. The van der Waals surface area contributed by atoms with Crippen molar-refractivity contribution < 1.29 is 4.52 Å². The molecular weight excluding hydrogens is 250 g/mol. The summed E-state index contributed by atoms with van der Waals surface area (Å²) in [6.45, 7) is 12.0. The van der Waals surface area contributed by atoms with Crippen LogP contribution in [0.15, 0.2) is 4.52 Å². The van der Waals surface area contributed by atoms with E-state index >= 15 is 0 Å². The van der Waals surface area contributed by atoms with Gasteiger partial charge in [0.1, 0.15) is 0 Å². The number of nitrogens with two attached hydrogens (primary N) is 1. The predicted octanol–water partition coefficient (Wildman–Crippen LogP) is 3.60. The summed E-state index contributed by atoms with van der Waals surface area (Å²) in [5.41, 5.74) is 5.99. The lowest BCUT2D eigenvalue weighted by molar-refractivity contribution is 0.208. The highest BCUT2D eigenvalue weighted by molar-refractivity contribution is 4.88. The first kappa shape index (κ1) is 17.2. The van der Waals surface area contributed by atoms with E-state index in [1.165, 1.54) is 0 Å². The van der Waals surface area contributed by atoms with E-state index in [2.05, 4.69) is 44.8 Å². The third-order valence-corrected chi connectivity index (χ3v) is 3.90. The minimum Gasteiger partial charge on any atom is -0.339 e. The maximum atomic E-state index is 5.72. The molecule has 0 saturated heterocycles. The van der Waals surface area contributed by atoms with Crippen LogP contribution in [-0.2, 0) is 12.8 Å². The summed E-state index contributed by atoms with van der Waals surface area (Å²) < 4.78 is 5.35. The average molecular weight is 281 g/mol. The Morgan fingerprint density at radius 1 is 1.10 bits per heavy atom. The number of nitrogens with zero attached hydrogens (tertiary/aromatic N) is 2. The van der Waals surface area contributed by atoms with Crippen LogP contribution in [0.5, 0.6) is 0 Å². The molecule has 0 spiro atoms. The molecule has 1 heterocycles. The van der Waals surface area contributed by atoms with Crippen LogP contribution < -0.4 is 5.73 Å². The molecule has 4 nitrogen and oxygen atoms in total. The zero-order valence-electron chi connectivity index (χ0n) is 13.8. The van der Waals surface area contributed by atoms with Crippen LogP contribution in [-0.4, -0.2) is 16.7 Å². The number of rotatable bonds is 8. The summed E-state index contributed by atoms with van der Waals surface area (Å²) in [5, 5.41) is 4.06. The highest BCUT2D eigenvalue weighted by Crippen LogP contribution is 2.32. The molecular formula is C16H31N3O. The number of hydrogen-bond acceptors (Lipinski definition) is 4. The summed E-state index contributed by atoms with van der Waals surface area (Å²) >= 11 is 0. The van der Waals surface area contributed by atoms with E-state index in [0.717, 1.165) is 50.4 Å². The van der Waals surface area contributed by atoms with Crippen LogP contribution >= 0.6 is 0 Å². The molecule has 0 aliphatic carbocycles. The van der Waals surface area contributed by atoms with Gasteiger partial charge in [0.2, 0.25) is 5.89 Å². The first-order valence-corrected chi connectivity index (χ1v) is 7.84. The normalized spacial score (nSPS) is 13.9. The van der Waals surface area contributed by atoms with Crippen LogP contribution in [0.25, 0.3) is 0 Å². The van der Waals surface area contributed by atoms with Gasteiger partial charge in [0.15, 0.2) is 5.82 Å². The maximum Gasteiger partial charge on any atom is 0.226 e. The Morgan fingerprint density at radius 2 is 1.80 bits per heavy atom. The Hall–Kier alpha value is -0.900. The molecule has 0 bridgehead atoms. The van der Waals surface area contributed by atoms with Gasteiger partial charge < -0.3 is 10.3 Å². The second kappa shape index (κ2) is 7.77. The molecule has 0 aromatic carbocycles. The van der Waals surface area contributed by atoms with Gasteiger partial charge in [0.25, 0.3) is 0 Å². The zero-order valence-corrected chi connectivity index (χ0v) is 13.8. The molecule has 0 aliphatic rings. The molecule has 1 rings (SSSR count). The Bertz CT molecular complexity index is 379. The fraction of sp³-hybridized carbons (Fsp3) is 0.875. The van der Waals surface area contributed by atoms with Gasteiger partial charge in [-0.05, 0) is 43.1 Å². The summed E-state index contributed by atoms with van der Waals surface area (Å²) in [5.74, 6) is 2.89. The van der Waals surface area contributed by atoms with Crippen molar-refractivity contribution in [3.63, 3.8) is 0 Å². The third-order valence-electron chi connectivity index (χ3n) is 3.90. The lowest BCUT2D eigenvalue weighted by atomic mass is 9.76. The quantitative estimate of drug-likeness (QED) is 0.790. The Balaban J connectivity index is 2.48. The topological polar surface area (TPSA) is 64.9 Å². The van der Waals surface area contributed by atoms with Crippen molar-refractivity contribution in [1.29, 1.82) is 0 Å². The molecule has 1 aromatic rings. The van der Waals surface area contributed by atoms with Crippen LogP contribution in [0.2, 0.25) is 0 Å². The van der Waals surface area contributed by atoms with Gasteiger partial charge in [-0.25, -0.2) is 0 Å². The Labute approximate surface area is 123 Å². The molecule has 20 heavy (non-hydrogen) atoms. The average Bonchev–Trinajstić information content (AvgIpc) is 2.78. The molecule has 0 amide bonds. The van der Waals surface area contributed by atoms with E-state index in [1.807, 2.05) is 0 Å². The van der Waals surface area contributed by atoms with Crippen molar-refractivity contribution in [1.82, 2.24) is 10.1 Å². The molecule has 0 radical (unpaired) electrons. The second-order valence-electron chi connectivity index (χ2n) is 7.22. The minimum atomic E-state index is 0.278. The highest BCUT2D eigenvalue weighted by Gasteiger charge is 2.24. The zero-order chi connectivity index (χ0) is 15.2. The third kappa shape index (κ3) is 6.04. The lowest BCUT2D eigenvalue weighted by Gasteiger charge is -2.30. The van der Waals surface area contributed by atoms with Crippen molar-refractivity contribution in [2.75, 3.05) is 6.54 Å². The van der Waals surface area contributed by atoms with Gasteiger partial charge in [0.05, 0.1) is 0 Å². The van der Waals surface area contributed by atoms with Crippen LogP contribution in [0, 0.1) is 17.3 Å². The molecule has 0 saturated carbocycles. The van der Waals surface area contributed by atoms with E-state index < -0.39 is 0 Å². The second-order valence-corrected chi connectivity index (χ2v) is 7.22. The molecule has 0 fully saturated rings. The molecule has 1 unspecified atom stereocenters. The molecule has 0 aliphatic heterocycles. The standard InChI is InChI=1S/C16H31N3O/c1-12(2)6-8-14-18-15(20-19-14)9-7-13(10-11-17)16(3,4)5/h12-13H,6-11,17H2,1-5H3. The number of aryl methyl sites for hydroxylation is 2. The fourth-order valence-corrected chi connectivity index (χ4v) is 2.42. The van der Waals surface area contributed by atoms with Gasteiger partial charge >= 0.3 is 0 Å². The van der Waals surface area contributed by atoms with Crippen molar-refractivity contribution in [2.24, 2.45) is 23.0 Å². The lowest BCUT2D eigenvalue weighted by Crippen LogP contribution is -2.24. The van der Waals surface area contributed by atoms with Gasteiger partial charge in [-0.1, -0.05) is 39.8 Å². The van der Waals surface area contributed by atoms with E-state index in [-0.39, 0.29) is 5.41 Å². The monoisotopic (exact) mass is 281 g/mol. The van der Waals surface area contributed by atoms with E-state index in [9.17, 15) is 0 Å². The first-order chi connectivity index (χ1) is 9.32. The Kier molecular flexibility index (Phi) is 6.66. The number of hydrogen-bond donors (Lipinski definition) is 1. The van der Waals surface area contributed by atoms with Gasteiger partial charge in [-0.15, -0.1) is 0 Å². The van der Waals surface area contributed by atoms with E-state index in [1.54, 1.807) is 0 Å². The van der Waals surface area contributed by atoms with Crippen molar-refractivity contribution >= 4 is 0 Å². The smallest absolute Gasteiger partial charge is 0.226 e. The number of aromatic nitrogens is 2. The van der Waals surface area contributed by atoms with Crippen molar-refractivity contribution in [3.05, 3.63) is 11.7 Å². The summed E-state index contributed by atoms with van der Waals surface area (Å²) in [6, 6.07) is 0. The van der Waals surface area contributed by atoms with Crippen LogP contribution in [0.3, 0.4) is 0 Å². The van der Waals surface area contributed by atoms with E-state index in [0.29, 0.717) is 11.8 Å². The van der Waals surface area contributed by atoms with Crippen LogP contribution in [0.1, 0.15) is 65.6 Å². The predicted molar refractivity (Wildman–Crippen MR) is 82.4 cm³/mol. The summed E-state index contributed by atoms with van der Waals surface area (Å²) in [7, 11) is 0. The van der Waals surface area contributed by atoms with E-state index in [4.69, 9.17) is 10.3 Å². The minimum absolute atomic E-state index is 0.278. The van der Waals surface area contributed by atoms with Gasteiger partial charge in [-0.2, -0.15) is 4.98 Å².